The third-order valence-corrected chi connectivity index (χ3v) is 3.71. The average Bonchev–Trinajstić information content (AvgIpc) is 2.59. The number of carbonyl (C=O) groups is 2. The zero-order valence-electron chi connectivity index (χ0n) is 13.4. The minimum Gasteiger partial charge on any atom is -0.294 e. The molecular weight excluding hydrogens is 324 g/mol. The maximum Gasteiger partial charge on any atom is 0.227 e. The zero-order valence-corrected chi connectivity index (χ0v) is 14.2. The highest BCUT2D eigenvalue weighted by atomic mass is 35.5. The molecule has 0 aromatic heterocycles. The Labute approximate surface area is 145 Å². The van der Waals surface area contributed by atoms with Gasteiger partial charge in [0.25, 0.3) is 0 Å². The lowest BCUT2D eigenvalue weighted by Gasteiger charge is -2.14. The molecule has 0 saturated carbocycles. The topological polar surface area (TPSA) is 58.5 Å². The Morgan fingerprint density at radius 3 is 2.42 bits per heavy atom. The molecule has 4 nitrogen and oxygen atoms in total. The summed E-state index contributed by atoms with van der Waals surface area (Å²) in [7, 11) is 0. The standard InChI is InChI=1S/C19H17ClN2O2/c1-3-16(18-11-15(20)9-10-17(18)13(2)24)19(22-21-12-23)14-7-5-4-6-8-14/h3-12H,1-2H3,(H,21,23)/b16-3-,22-19-. The fourth-order valence-electron chi connectivity index (χ4n) is 2.43. The highest BCUT2D eigenvalue weighted by Gasteiger charge is 2.17. The lowest BCUT2D eigenvalue weighted by atomic mass is 9.91. The third kappa shape index (κ3) is 3.97. The predicted octanol–water partition coefficient (Wildman–Crippen LogP) is 4.10. The largest absolute Gasteiger partial charge is 0.294 e. The number of Topliss-reactive ketones (excluding diaryl/α,β-unsaturated/α-hetero) is 1. The summed E-state index contributed by atoms with van der Waals surface area (Å²) in [6, 6.07) is 14.5. The number of nitrogens with one attached hydrogen (secondary N) is 1. The van der Waals surface area contributed by atoms with Crippen LogP contribution in [0, 0.1) is 0 Å². The smallest absolute Gasteiger partial charge is 0.227 e. The molecule has 122 valence electrons. The van der Waals surface area contributed by atoms with E-state index in [-0.39, 0.29) is 5.78 Å². The molecule has 2 aromatic carbocycles. The first kappa shape index (κ1) is 17.6. The van der Waals surface area contributed by atoms with Gasteiger partial charge in [-0.2, -0.15) is 5.10 Å². The number of rotatable bonds is 6. The Morgan fingerprint density at radius 1 is 1.12 bits per heavy atom. The van der Waals surface area contributed by atoms with E-state index in [1.54, 1.807) is 18.2 Å². The fraction of sp³-hybridized carbons (Fsp3) is 0.105. The molecule has 0 spiro atoms. The second kappa shape index (κ2) is 8.22. The number of hydrogen-bond donors (Lipinski definition) is 1. The van der Waals surface area contributed by atoms with Crippen LogP contribution in [0.15, 0.2) is 59.7 Å². The van der Waals surface area contributed by atoms with Crippen LogP contribution in [0.5, 0.6) is 0 Å². The molecule has 5 heteroatoms. The summed E-state index contributed by atoms with van der Waals surface area (Å²) in [5.41, 5.74) is 5.64. The lowest BCUT2D eigenvalue weighted by molar-refractivity contribution is -0.109. The molecule has 0 aliphatic rings. The van der Waals surface area contributed by atoms with Crippen LogP contribution < -0.4 is 5.43 Å². The molecule has 1 amide bonds. The van der Waals surface area contributed by atoms with Crippen molar-refractivity contribution >= 4 is 35.1 Å². The van der Waals surface area contributed by atoms with E-state index >= 15 is 0 Å². The number of allylic oxidation sites excluding steroid dienone is 2. The van der Waals surface area contributed by atoms with E-state index in [0.717, 1.165) is 5.56 Å². The molecule has 0 aliphatic carbocycles. The summed E-state index contributed by atoms with van der Waals surface area (Å²) in [5.74, 6) is -0.0724. The number of halogens is 1. The van der Waals surface area contributed by atoms with E-state index < -0.39 is 0 Å². The van der Waals surface area contributed by atoms with Crippen LogP contribution in [-0.2, 0) is 4.79 Å². The Morgan fingerprint density at radius 2 is 1.83 bits per heavy atom. The van der Waals surface area contributed by atoms with Crippen molar-refractivity contribution in [2.45, 2.75) is 13.8 Å². The van der Waals surface area contributed by atoms with Crippen molar-refractivity contribution in [3.05, 3.63) is 76.3 Å². The van der Waals surface area contributed by atoms with Gasteiger partial charge in [0.15, 0.2) is 5.78 Å². The third-order valence-electron chi connectivity index (χ3n) is 3.47. The molecule has 24 heavy (non-hydrogen) atoms. The van der Waals surface area contributed by atoms with Gasteiger partial charge < -0.3 is 0 Å². The summed E-state index contributed by atoms with van der Waals surface area (Å²) in [4.78, 5) is 22.7. The molecule has 0 unspecified atom stereocenters. The van der Waals surface area contributed by atoms with Gasteiger partial charge in [0.05, 0.1) is 5.71 Å². The number of hydrazone groups is 1. The molecule has 0 aliphatic heterocycles. The zero-order chi connectivity index (χ0) is 17.5. The Balaban J connectivity index is 2.67. The summed E-state index contributed by atoms with van der Waals surface area (Å²) < 4.78 is 0. The van der Waals surface area contributed by atoms with Crippen LogP contribution in [-0.4, -0.2) is 17.9 Å². The van der Waals surface area contributed by atoms with E-state index in [2.05, 4.69) is 10.5 Å². The average molecular weight is 341 g/mol. The van der Waals surface area contributed by atoms with E-state index in [0.29, 0.717) is 33.8 Å². The minimum absolute atomic E-state index is 0.0724. The van der Waals surface area contributed by atoms with Gasteiger partial charge >= 0.3 is 0 Å². The van der Waals surface area contributed by atoms with Gasteiger partial charge in [-0.3, -0.25) is 9.59 Å². The molecule has 0 heterocycles. The molecule has 0 bridgehead atoms. The quantitative estimate of drug-likeness (QED) is 0.372. The Kier molecular flexibility index (Phi) is 6.04. The van der Waals surface area contributed by atoms with Crippen molar-refractivity contribution in [1.82, 2.24) is 5.43 Å². The monoisotopic (exact) mass is 340 g/mol. The van der Waals surface area contributed by atoms with E-state index in [4.69, 9.17) is 11.6 Å². The highest BCUT2D eigenvalue weighted by Crippen LogP contribution is 2.27. The molecule has 0 radical (unpaired) electrons. The van der Waals surface area contributed by atoms with Gasteiger partial charge in [-0.25, -0.2) is 5.43 Å². The SMILES string of the molecule is C/C=C(\C(=N/NC=O)c1ccccc1)c1cc(Cl)ccc1C(C)=O. The molecular formula is C19H17ClN2O2. The highest BCUT2D eigenvalue weighted by molar-refractivity contribution is 6.34. The van der Waals surface area contributed by atoms with Crippen molar-refractivity contribution in [2.75, 3.05) is 0 Å². The Bertz CT molecular complexity index is 811. The van der Waals surface area contributed by atoms with Gasteiger partial charge in [-0.05, 0) is 37.6 Å². The summed E-state index contributed by atoms with van der Waals surface area (Å²) in [5, 5.41) is 4.68. The number of hydrogen-bond acceptors (Lipinski definition) is 3. The van der Waals surface area contributed by atoms with E-state index in [9.17, 15) is 9.59 Å². The van der Waals surface area contributed by atoms with Gasteiger partial charge in [0.1, 0.15) is 0 Å². The number of benzene rings is 2. The number of amides is 1. The molecule has 0 atom stereocenters. The summed E-state index contributed by atoms with van der Waals surface area (Å²) >= 11 is 6.13. The lowest BCUT2D eigenvalue weighted by Crippen LogP contribution is -2.13. The van der Waals surface area contributed by atoms with Crippen molar-refractivity contribution in [3.63, 3.8) is 0 Å². The van der Waals surface area contributed by atoms with Crippen molar-refractivity contribution in [2.24, 2.45) is 5.10 Å². The van der Waals surface area contributed by atoms with Crippen molar-refractivity contribution < 1.29 is 9.59 Å². The van der Waals surface area contributed by atoms with Crippen LogP contribution in [0.1, 0.15) is 35.3 Å². The molecule has 0 fully saturated rings. The van der Waals surface area contributed by atoms with Gasteiger partial charge in [0.2, 0.25) is 6.41 Å². The Hall–Kier alpha value is -2.72. The normalized spacial score (nSPS) is 12.0. The van der Waals surface area contributed by atoms with Crippen LogP contribution >= 0.6 is 11.6 Å². The predicted molar refractivity (Wildman–Crippen MR) is 97.3 cm³/mol. The molecule has 2 rings (SSSR count). The second-order valence-corrected chi connectivity index (χ2v) is 5.46. The van der Waals surface area contributed by atoms with Gasteiger partial charge in [-0.1, -0.05) is 48.0 Å². The first-order valence-corrected chi connectivity index (χ1v) is 7.76. The maximum atomic E-state index is 12.0. The number of ketones is 1. The fourth-order valence-corrected chi connectivity index (χ4v) is 2.61. The van der Waals surface area contributed by atoms with Gasteiger partial charge in [-0.15, -0.1) is 0 Å². The molecule has 0 saturated heterocycles. The first-order chi connectivity index (χ1) is 11.6. The van der Waals surface area contributed by atoms with Crippen molar-refractivity contribution in [1.29, 1.82) is 0 Å². The molecule has 1 N–H and O–H groups in total. The summed E-state index contributed by atoms with van der Waals surface area (Å²) in [6.07, 6.45) is 2.34. The van der Waals surface area contributed by atoms with E-state index in [1.165, 1.54) is 6.92 Å². The first-order valence-electron chi connectivity index (χ1n) is 7.38. The molecule has 2 aromatic rings. The second-order valence-electron chi connectivity index (χ2n) is 5.02. The minimum atomic E-state index is -0.0724. The number of carbonyl (C=O) groups excluding carboxylic acids is 2. The van der Waals surface area contributed by atoms with Crippen LogP contribution in [0.2, 0.25) is 5.02 Å². The van der Waals surface area contributed by atoms with Crippen LogP contribution in [0.4, 0.5) is 0 Å². The van der Waals surface area contributed by atoms with Crippen molar-refractivity contribution in [3.8, 4) is 0 Å². The number of nitrogens with zero attached hydrogens (tertiary/aromatic N) is 1. The van der Waals surface area contributed by atoms with E-state index in [1.807, 2.05) is 43.3 Å². The van der Waals surface area contributed by atoms with Crippen LogP contribution in [0.25, 0.3) is 5.57 Å². The summed E-state index contributed by atoms with van der Waals surface area (Å²) in [6.45, 7) is 3.35. The van der Waals surface area contributed by atoms with Gasteiger partial charge in [0, 0.05) is 21.7 Å². The van der Waals surface area contributed by atoms with Crippen LogP contribution in [0.3, 0.4) is 0 Å². The maximum absolute atomic E-state index is 12.0.